The third kappa shape index (κ3) is 4.52. The third-order valence-electron chi connectivity index (χ3n) is 6.24. The zero-order valence-electron chi connectivity index (χ0n) is 19.5. The molecule has 5 rings (SSSR count). The van der Waals surface area contributed by atoms with Gasteiger partial charge in [-0.15, -0.1) is 0 Å². The summed E-state index contributed by atoms with van der Waals surface area (Å²) >= 11 is 0. The van der Waals surface area contributed by atoms with E-state index in [0.29, 0.717) is 0 Å². The van der Waals surface area contributed by atoms with Crippen LogP contribution >= 0.6 is 0 Å². The zero-order valence-corrected chi connectivity index (χ0v) is 19.5. The van der Waals surface area contributed by atoms with Crippen LogP contribution in [0.4, 0.5) is 0 Å². The summed E-state index contributed by atoms with van der Waals surface area (Å²) in [5, 5.41) is 0. The molecule has 0 fully saturated rings. The highest BCUT2D eigenvalue weighted by Crippen LogP contribution is 2.37. The van der Waals surface area contributed by atoms with Gasteiger partial charge < -0.3 is 0 Å². The lowest BCUT2D eigenvalue weighted by molar-refractivity contribution is 1.38. The Hall–Kier alpha value is -3.90. The zero-order chi connectivity index (χ0) is 22.8. The number of hydrogen-bond donors (Lipinski definition) is 0. The van der Waals surface area contributed by atoms with E-state index in [-0.39, 0.29) is 0 Å². The Labute approximate surface area is 197 Å². The SMILES string of the molecule is Cc1ccc(-c2ccc(-c3ccccc3)cc2-c2ccc(-c3cc(C)cc(C)c3)cc2)cc1. The van der Waals surface area contributed by atoms with Gasteiger partial charge in [-0.3, -0.25) is 0 Å². The first kappa shape index (κ1) is 21.0. The van der Waals surface area contributed by atoms with Crippen molar-refractivity contribution in [1.29, 1.82) is 0 Å². The number of aryl methyl sites for hydroxylation is 3. The van der Waals surface area contributed by atoms with Crippen LogP contribution in [0.1, 0.15) is 16.7 Å². The van der Waals surface area contributed by atoms with Gasteiger partial charge in [0.1, 0.15) is 0 Å². The molecule has 160 valence electrons. The number of rotatable bonds is 4. The second-order valence-electron chi connectivity index (χ2n) is 8.95. The molecule has 0 aliphatic heterocycles. The van der Waals surface area contributed by atoms with Crippen molar-refractivity contribution in [2.45, 2.75) is 20.8 Å². The van der Waals surface area contributed by atoms with E-state index in [1.165, 1.54) is 61.2 Å². The molecule has 0 N–H and O–H groups in total. The van der Waals surface area contributed by atoms with Gasteiger partial charge in [-0.1, -0.05) is 126 Å². The molecular formula is C33H28. The lowest BCUT2D eigenvalue weighted by Crippen LogP contribution is -1.89. The van der Waals surface area contributed by atoms with Crippen molar-refractivity contribution in [2.24, 2.45) is 0 Å². The van der Waals surface area contributed by atoms with Gasteiger partial charge in [0.05, 0.1) is 0 Å². The van der Waals surface area contributed by atoms with Crippen molar-refractivity contribution < 1.29 is 0 Å². The van der Waals surface area contributed by atoms with Gasteiger partial charge >= 0.3 is 0 Å². The molecule has 0 saturated carbocycles. The van der Waals surface area contributed by atoms with Gasteiger partial charge in [0.2, 0.25) is 0 Å². The molecule has 0 unspecified atom stereocenters. The van der Waals surface area contributed by atoms with Crippen molar-refractivity contribution in [2.75, 3.05) is 0 Å². The molecule has 5 aromatic carbocycles. The van der Waals surface area contributed by atoms with E-state index < -0.39 is 0 Å². The van der Waals surface area contributed by atoms with E-state index in [1.54, 1.807) is 0 Å². The fourth-order valence-corrected chi connectivity index (χ4v) is 4.56. The van der Waals surface area contributed by atoms with Crippen molar-refractivity contribution >= 4 is 0 Å². The summed E-state index contributed by atoms with van der Waals surface area (Å²) in [6.07, 6.45) is 0. The van der Waals surface area contributed by atoms with E-state index in [9.17, 15) is 0 Å². The maximum atomic E-state index is 2.33. The first-order valence-electron chi connectivity index (χ1n) is 11.5. The fraction of sp³-hybridized carbons (Fsp3) is 0.0909. The van der Waals surface area contributed by atoms with Crippen molar-refractivity contribution in [3.8, 4) is 44.5 Å². The highest BCUT2D eigenvalue weighted by atomic mass is 14.1. The molecule has 0 bridgehead atoms. The van der Waals surface area contributed by atoms with E-state index in [2.05, 4.69) is 136 Å². The largest absolute Gasteiger partial charge is 0.0622 e. The minimum absolute atomic E-state index is 1.23. The summed E-state index contributed by atoms with van der Waals surface area (Å²) < 4.78 is 0. The van der Waals surface area contributed by atoms with E-state index >= 15 is 0 Å². The highest BCUT2D eigenvalue weighted by Gasteiger charge is 2.11. The summed E-state index contributed by atoms with van der Waals surface area (Å²) in [5.41, 5.74) is 13.9. The van der Waals surface area contributed by atoms with Crippen molar-refractivity contribution in [3.63, 3.8) is 0 Å². The predicted molar refractivity (Wildman–Crippen MR) is 142 cm³/mol. The Kier molecular flexibility index (Phi) is 5.67. The maximum Gasteiger partial charge on any atom is -0.00992 e. The van der Waals surface area contributed by atoms with Crippen LogP contribution in [0.15, 0.2) is 115 Å². The molecule has 33 heavy (non-hydrogen) atoms. The summed E-state index contributed by atoms with van der Waals surface area (Å²) in [5.74, 6) is 0. The first-order valence-corrected chi connectivity index (χ1v) is 11.5. The molecule has 0 amide bonds. The maximum absolute atomic E-state index is 2.33. The smallest absolute Gasteiger partial charge is 0.00992 e. The van der Waals surface area contributed by atoms with E-state index in [4.69, 9.17) is 0 Å². The van der Waals surface area contributed by atoms with E-state index in [1.807, 2.05) is 0 Å². The minimum atomic E-state index is 1.23. The summed E-state index contributed by atoms with van der Waals surface area (Å²) in [4.78, 5) is 0. The Morgan fingerprint density at radius 3 is 1.48 bits per heavy atom. The predicted octanol–water partition coefficient (Wildman–Crippen LogP) is 9.28. The van der Waals surface area contributed by atoms with Crippen molar-refractivity contribution in [3.05, 3.63) is 132 Å². The van der Waals surface area contributed by atoms with E-state index in [0.717, 1.165) is 0 Å². The van der Waals surface area contributed by atoms with Gasteiger partial charge in [0, 0.05) is 0 Å². The van der Waals surface area contributed by atoms with Gasteiger partial charge in [-0.25, -0.2) is 0 Å². The quantitative estimate of drug-likeness (QED) is 0.270. The topological polar surface area (TPSA) is 0 Å². The van der Waals surface area contributed by atoms with Crippen molar-refractivity contribution in [1.82, 2.24) is 0 Å². The molecule has 0 saturated heterocycles. The molecular weight excluding hydrogens is 396 g/mol. The van der Waals surface area contributed by atoms with Crippen LogP contribution in [0.3, 0.4) is 0 Å². The molecule has 0 nitrogen and oxygen atoms in total. The summed E-state index contributed by atoms with van der Waals surface area (Å²) in [6.45, 7) is 6.45. The van der Waals surface area contributed by atoms with Gasteiger partial charge in [0.25, 0.3) is 0 Å². The highest BCUT2D eigenvalue weighted by molar-refractivity contribution is 5.87. The number of benzene rings is 5. The second-order valence-corrected chi connectivity index (χ2v) is 8.95. The molecule has 0 aromatic heterocycles. The lowest BCUT2D eigenvalue weighted by atomic mass is 9.90. The average Bonchev–Trinajstić information content (AvgIpc) is 2.84. The van der Waals surface area contributed by atoms with Crippen LogP contribution in [0.25, 0.3) is 44.5 Å². The Balaban J connectivity index is 1.62. The van der Waals surface area contributed by atoms with Crippen LogP contribution in [0, 0.1) is 20.8 Å². The van der Waals surface area contributed by atoms with Gasteiger partial charge in [-0.05, 0) is 71.3 Å². The number of hydrogen-bond acceptors (Lipinski definition) is 0. The summed E-state index contributed by atoms with van der Waals surface area (Å²) in [7, 11) is 0. The molecule has 0 aliphatic carbocycles. The summed E-state index contributed by atoms with van der Waals surface area (Å²) in [6, 6.07) is 42.0. The Bertz CT molecular complexity index is 1370. The third-order valence-corrected chi connectivity index (χ3v) is 6.24. The molecule has 0 radical (unpaired) electrons. The van der Waals surface area contributed by atoms with Crippen LogP contribution in [-0.4, -0.2) is 0 Å². The Morgan fingerprint density at radius 2 is 0.818 bits per heavy atom. The molecule has 0 heterocycles. The van der Waals surface area contributed by atoms with Gasteiger partial charge in [-0.2, -0.15) is 0 Å². The lowest BCUT2D eigenvalue weighted by Gasteiger charge is -2.14. The fourth-order valence-electron chi connectivity index (χ4n) is 4.56. The molecule has 0 atom stereocenters. The standard InChI is InChI=1S/C33H28/c1-23-9-11-28(12-10-23)32-18-17-30(26-7-5-4-6-8-26)22-33(32)29-15-13-27(14-16-29)31-20-24(2)19-25(3)21-31/h4-22H,1-3H3. The van der Waals surface area contributed by atoms with Crippen LogP contribution in [0.2, 0.25) is 0 Å². The van der Waals surface area contributed by atoms with Gasteiger partial charge in [0.15, 0.2) is 0 Å². The normalized spacial score (nSPS) is 10.9. The first-order chi connectivity index (χ1) is 16.1. The molecule has 5 aromatic rings. The van der Waals surface area contributed by atoms with Crippen LogP contribution < -0.4 is 0 Å². The molecule has 0 spiro atoms. The Morgan fingerprint density at radius 1 is 0.303 bits per heavy atom. The molecule has 0 aliphatic rings. The second kappa shape index (κ2) is 8.92. The average molecular weight is 425 g/mol. The van der Waals surface area contributed by atoms with Crippen LogP contribution in [-0.2, 0) is 0 Å². The van der Waals surface area contributed by atoms with Crippen LogP contribution in [0.5, 0.6) is 0 Å². The minimum Gasteiger partial charge on any atom is -0.0622 e. The molecule has 0 heteroatoms. The monoisotopic (exact) mass is 424 g/mol.